The van der Waals surface area contributed by atoms with E-state index in [2.05, 4.69) is 35.9 Å². The molecule has 0 aliphatic rings. The molecular weight excluding hydrogens is 328 g/mol. The van der Waals surface area contributed by atoms with Gasteiger partial charge in [-0.15, -0.1) is 0 Å². The van der Waals surface area contributed by atoms with Crippen molar-refractivity contribution in [1.29, 1.82) is 0 Å². The van der Waals surface area contributed by atoms with Gasteiger partial charge in [0.15, 0.2) is 10.3 Å². The first-order chi connectivity index (χ1) is 9.26. The number of hydrogen-bond donors (Lipinski definition) is 1. The molecule has 0 aliphatic heterocycles. The van der Waals surface area contributed by atoms with Crippen LogP contribution in [0.15, 0.2) is 45.2 Å². The topological polar surface area (TPSA) is 63.7 Å². The summed E-state index contributed by atoms with van der Waals surface area (Å²) in [5.41, 5.74) is 1.92. The molecule has 19 heavy (non-hydrogen) atoms. The Labute approximate surface area is 122 Å². The highest BCUT2D eigenvalue weighted by Crippen LogP contribution is 2.28. The molecule has 0 spiro atoms. The predicted octanol–water partition coefficient (Wildman–Crippen LogP) is 3.28. The quantitative estimate of drug-likeness (QED) is 0.743. The van der Waals surface area contributed by atoms with E-state index in [1.54, 1.807) is 13.3 Å². The van der Waals surface area contributed by atoms with Gasteiger partial charge >= 0.3 is 0 Å². The van der Waals surface area contributed by atoms with Crippen LogP contribution in [-0.2, 0) is 0 Å². The molecule has 0 fully saturated rings. The number of imidazole rings is 1. The summed E-state index contributed by atoms with van der Waals surface area (Å²) in [6.45, 7) is 0. The van der Waals surface area contributed by atoms with Gasteiger partial charge in [-0.2, -0.15) is 4.98 Å². The van der Waals surface area contributed by atoms with E-state index >= 15 is 0 Å². The van der Waals surface area contributed by atoms with Gasteiger partial charge in [-0.05, 0) is 39.8 Å². The van der Waals surface area contributed by atoms with Crippen molar-refractivity contribution in [2.75, 3.05) is 7.11 Å². The molecule has 0 amide bonds. The average Bonchev–Trinajstić information content (AvgIpc) is 2.83. The first kappa shape index (κ1) is 12.4. The summed E-state index contributed by atoms with van der Waals surface area (Å²) in [6.07, 6.45) is 1.66. The first-order valence-electron chi connectivity index (χ1n) is 5.45. The molecule has 0 radical (unpaired) electrons. The minimum atomic E-state index is 0.508. The van der Waals surface area contributed by atoms with Crippen molar-refractivity contribution in [3.63, 3.8) is 0 Å². The fourth-order valence-electron chi connectivity index (χ4n) is 1.59. The van der Waals surface area contributed by atoms with Gasteiger partial charge in [0, 0.05) is 6.20 Å². The minimum Gasteiger partial charge on any atom is -0.480 e. The molecule has 7 heteroatoms. The zero-order valence-corrected chi connectivity index (χ0v) is 12.3. The van der Waals surface area contributed by atoms with Crippen LogP contribution in [0.5, 0.6) is 5.88 Å². The standard InChI is InChI=1S/C12H9BrN4OS/c1-18-10-7(13)6-14-11(17-10)19-12-15-8-4-2-3-5-9(8)16-12/h2-6H,1H3,(H,15,16). The van der Waals surface area contributed by atoms with E-state index in [4.69, 9.17) is 4.74 Å². The molecule has 0 bridgehead atoms. The van der Waals surface area contributed by atoms with Gasteiger partial charge in [0.05, 0.1) is 22.6 Å². The number of methoxy groups -OCH3 is 1. The number of aromatic nitrogens is 4. The van der Waals surface area contributed by atoms with Crippen molar-refractivity contribution in [1.82, 2.24) is 19.9 Å². The molecule has 0 atom stereocenters. The van der Waals surface area contributed by atoms with Crippen molar-refractivity contribution in [2.24, 2.45) is 0 Å². The Balaban J connectivity index is 1.92. The van der Waals surface area contributed by atoms with E-state index in [0.29, 0.717) is 11.0 Å². The Hall–Kier alpha value is -1.60. The monoisotopic (exact) mass is 336 g/mol. The number of H-pyrrole nitrogens is 1. The Morgan fingerprint density at radius 2 is 2.11 bits per heavy atom. The van der Waals surface area contributed by atoms with Gasteiger partial charge in [-0.1, -0.05) is 12.1 Å². The smallest absolute Gasteiger partial charge is 0.231 e. The largest absolute Gasteiger partial charge is 0.480 e. The molecule has 1 N–H and O–H groups in total. The summed E-state index contributed by atoms with van der Waals surface area (Å²) < 4.78 is 5.87. The number of ether oxygens (including phenoxy) is 1. The molecule has 2 heterocycles. The van der Waals surface area contributed by atoms with E-state index in [1.807, 2.05) is 24.3 Å². The fraction of sp³-hybridized carbons (Fsp3) is 0.0833. The summed E-state index contributed by atoms with van der Waals surface area (Å²) in [5.74, 6) is 0.508. The highest BCUT2D eigenvalue weighted by molar-refractivity contribution is 9.10. The highest BCUT2D eigenvalue weighted by atomic mass is 79.9. The van der Waals surface area contributed by atoms with Crippen molar-refractivity contribution in [2.45, 2.75) is 10.3 Å². The zero-order chi connectivity index (χ0) is 13.2. The second-order valence-electron chi connectivity index (χ2n) is 3.67. The summed E-state index contributed by atoms with van der Waals surface area (Å²) in [5, 5.41) is 1.34. The third kappa shape index (κ3) is 2.57. The van der Waals surface area contributed by atoms with Gasteiger partial charge < -0.3 is 9.72 Å². The van der Waals surface area contributed by atoms with E-state index < -0.39 is 0 Å². The van der Waals surface area contributed by atoms with Crippen LogP contribution in [0.3, 0.4) is 0 Å². The maximum Gasteiger partial charge on any atom is 0.231 e. The maximum absolute atomic E-state index is 5.14. The Bertz CT molecular complexity index is 698. The first-order valence-corrected chi connectivity index (χ1v) is 7.06. The normalized spacial score (nSPS) is 10.8. The molecule has 3 rings (SSSR count). The average molecular weight is 337 g/mol. The van der Waals surface area contributed by atoms with Crippen LogP contribution in [0.4, 0.5) is 0 Å². The van der Waals surface area contributed by atoms with Crippen LogP contribution in [0.1, 0.15) is 0 Å². The van der Waals surface area contributed by atoms with Crippen LogP contribution in [0, 0.1) is 0 Å². The predicted molar refractivity (Wildman–Crippen MR) is 76.5 cm³/mol. The van der Waals surface area contributed by atoms with Crippen LogP contribution < -0.4 is 4.74 Å². The van der Waals surface area contributed by atoms with Gasteiger partial charge in [-0.25, -0.2) is 9.97 Å². The number of nitrogens with zero attached hydrogens (tertiary/aromatic N) is 3. The second kappa shape index (κ2) is 5.18. The lowest BCUT2D eigenvalue weighted by molar-refractivity contribution is 0.389. The van der Waals surface area contributed by atoms with Crippen LogP contribution in [-0.4, -0.2) is 27.0 Å². The lowest BCUT2D eigenvalue weighted by Gasteiger charge is -2.02. The third-order valence-electron chi connectivity index (χ3n) is 2.44. The number of nitrogens with one attached hydrogen (secondary N) is 1. The Morgan fingerprint density at radius 3 is 2.89 bits per heavy atom. The number of benzene rings is 1. The second-order valence-corrected chi connectivity index (χ2v) is 5.48. The van der Waals surface area contributed by atoms with Crippen molar-refractivity contribution in [3.05, 3.63) is 34.9 Å². The van der Waals surface area contributed by atoms with Gasteiger partial charge in [0.25, 0.3) is 0 Å². The maximum atomic E-state index is 5.14. The Kier molecular flexibility index (Phi) is 3.39. The number of halogens is 1. The van der Waals surface area contributed by atoms with Crippen molar-refractivity contribution >= 4 is 38.7 Å². The molecule has 0 unspecified atom stereocenters. The van der Waals surface area contributed by atoms with Gasteiger partial charge in [0.1, 0.15) is 0 Å². The lowest BCUT2D eigenvalue weighted by atomic mass is 10.3. The molecule has 0 saturated heterocycles. The molecule has 1 aromatic carbocycles. The summed E-state index contributed by atoms with van der Waals surface area (Å²) in [7, 11) is 1.57. The lowest BCUT2D eigenvalue weighted by Crippen LogP contribution is -1.93. The SMILES string of the molecule is COc1nc(Sc2nc3ccccc3[nH]2)ncc1Br. The third-order valence-corrected chi connectivity index (χ3v) is 3.75. The van der Waals surface area contributed by atoms with E-state index in [9.17, 15) is 0 Å². The molecule has 96 valence electrons. The zero-order valence-electron chi connectivity index (χ0n) is 9.92. The van der Waals surface area contributed by atoms with E-state index in [0.717, 1.165) is 20.7 Å². The summed E-state index contributed by atoms with van der Waals surface area (Å²) >= 11 is 4.68. The van der Waals surface area contributed by atoms with Gasteiger partial charge in [0.2, 0.25) is 5.88 Å². The molecule has 2 aromatic heterocycles. The fourth-order valence-corrected chi connectivity index (χ4v) is 2.66. The van der Waals surface area contributed by atoms with Crippen molar-refractivity contribution < 1.29 is 4.74 Å². The highest BCUT2D eigenvalue weighted by Gasteiger charge is 2.09. The number of rotatable bonds is 3. The Morgan fingerprint density at radius 1 is 1.26 bits per heavy atom. The molecule has 0 saturated carbocycles. The van der Waals surface area contributed by atoms with Crippen LogP contribution >= 0.6 is 27.7 Å². The summed E-state index contributed by atoms with van der Waals surface area (Å²) in [6, 6.07) is 7.86. The van der Waals surface area contributed by atoms with Crippen LogP contribution in [0.2, 0.25) is 0 Å². The summed E-state index contributed by atoms with van der Waals surface area (Å²) in [4.78, 5) is 16.2. The van der Waals surface area contributed by atoms with Crippen molar-refractivity contribution in [3.8, 4) is 5.88 Å². The van der Waals surface area contributed by atoms with E-state index in [-0.39, 0.29) is 0 Å². The number of aromatic amines is 1. The molecular formula is C12H9BrN4OS. The number of para-hydroxylation sites is 2. The van der Waals surface area contributed by atoms with Gasteiger partial charge in [-0.3, -0.25) is 0 Å². The minimum absolute atomic E-state index is 0.508. The molecule has 0 aliphatic carbocycles. The molecule has 5 nitrogen and oxygen atoms in total. The van der Waals surface area contributed by atoms with E-state index in [1.165, 1.54) is 11.8 Å². The number of hydrogen-bond acceptors (Lipinski definition) is 5. The van der Waals surface area contributed by atoms with Crippen LogP contribution in [0.25, 0.3) is 11.0 Å². The number of fused-ring (bicyclic) bond motifs is 1. The molecule has 3 aromatic rings.